The predicted molar refractivity (Wildman–Crippen MR) is 418 cm³/mol. The minimum absolute atomic E-state index is 0.106. The van der Waals surface area contributed by atoms with Gasteiger partial charge >= 0.3 is 39.5 Å². The van der Waals surface area contributed by atoms with Crippen LogP contribution >= 0.6 is 15.6 Å². The molecule has 0 aromatic rings. The molecule has 4 unspecified atom stereocenters. The molecule has 0 aromatic heterocycles. The summed E-state index contributed by atoms with van der Waals surface area (Å²) in [6, 6.07) is 0. The molecule has 0 bridgehead atoms. The van der Waals surface area contributed by atoms with Crippen LogP contribution < -0.4 is 0 Å². The molecule has 0 radical (unpaired) electrons. The van der Waals surface area contributed by atoms with Crippen molar-refractivity contribution >= 4 is 39.5 Å². The molecule has 0 aliphatic carbocycles. The maximum atomic E-state index is 13.1. The Morgan fingerprint density at radius 2 is 0.471 bits per heavy atom. The second-order valence-corrected chi connectivity index (χ2v) is 34.2. The Morgan fingerprint density at radius 3 is 0.696 bits per heavy atom. The number of rotatable bonds is 80. The number of hydrogen-bond acceptors (Lipinski definition) is 15. The van der Waals surface area contributed by atoms with E-state index in [1.165, 1.54) is 225 Å². The topological polar surface area (TPSA) is 237 Å². The number of esters is 4. The summed E-state index contributed by atoms with van der Waals surface area (Å²) in [5, 5.41) is 10.7. The smallest absolute Gasteiger partial charge is 0.462 e. The molecule has 7 atom stereocenters. The monoisotopic (exact) mass is 1490 g/mol. The molecule has 0 heterocycles. The summed E-state index contributed by atoms with van der Waals surface area (Å²) in [6.45, 7) is 14.3. The van der Waals surface area contributed by atoms with E-state index in [0.717, 1.165) is 120 Å². The number of unbranched alkanes of at least 4 members (excludes halogenated alkanes) is 44. The molecule has 19 heteroatoms. The Morgan fingerprint density at radius 1 is 0.275 bits per heavy atom. The highest BCUT2D eigenvalue weighted by Crippen LogP contribution is 2.45. The van der Waals surface area contributed by atoms with Crippen LogP contribution in [0.25, 0.3) is 0 Å². The van der Waals surface area contributed by atoms with Crippen molar-refractivity contribution < 1.29 is 80.2 Å². The summed E-state index contributed by atoms with van der Waals surface area (Å²) in [7, 11) is -9.93. The number of aliphatic hydroxyl groups is 1. The summed E-state index contributed by atoms with van der Waals surface area (Å²) >= 11 is 0. The zero-order chi connectivity index (χ0) is 75.3. The predicted octanol–water partition coefficient (Wildman–Crippen LogP) is 24.8. The zero-order valence-corrected chi connectivity index (χ0v) is 69.0. The molecule has 17 nitrogen and oxygen atoms in total. The lowest BCUT2D eigenvalue weighted by Gasteiger charge is -2.21. The third-order valence-electron chi connectivity index (χ3n) is 20.0. The highest BCUT2D eigenvalue weighted by molar-refractivity contribution is 7.47. The number of hydrogen-bond donors (Lipinski definition) is 3. The SMILES string of the molecule is CCC(C)CCCCCCCCCCCCC(=O)O[C@H](COC(=O)CCCCCCCCCCCCCCCCC(C)C)COP(=O)(O)OC[C@@H](O)COP(=O)(O)OC[C@@H](COC(=O)CCCCCCCCC(C)CC)OC(=O)CCCCCCCCCCCCCCCCCCCCC(C)C. The lowest BCUT2D eigenvalue weighted by Crippen LogP contribution is -2.30. The van der Waals surface area contributed by atoms with Crippen LogP contribution in [0.5, 0.6) is 0 Å². The van der Waals surface area contributed by atoms with Gasteiger partial charge in [0.05, 0.1) is 26.4 Å². The van der Waals surface area contributed by atoms with Crippen molar-refractivity contribution in [3.8, 4) is 0 Å². The van der Waals surface area contributed by atoms with Crippen LogP contribution in [0.2, 0.25) is 0 Å². The minimum Gasteiger partial charge on any atom is -0.462 e. The molecule has 102 heavy (non-hydrogen) atoms. The average molecular weight is 1490 g/mol. The second kappa shape index (κ2) is 72.0. The fourth-order valence-electron chi connectivity index (χ4n) is 12.7. The first-order chi connectivity index (χ1) is 49.2. The first-order valence-electron chi connectivity index (χ1n) is 42.8. The third kappa shape index (κ3) is 73.6. The maximum absolute atomic E-state index is 13.1. The van der Waals surface area contributed by atoms with Gasteiger partial charge in [0.1, 0.15) is 19.3 Å². The molecule has 0 aromatic carbocycles. The average Bonchev–Trinajstić information content (AvgIpc) is 0.910. The van der Waals surface area contributed by atoms with Crippen LogP contribution in [-0.2, 0) is 65.4 Å². The first-order valence-corrected chi connectivity index (χ1v) is 45.8. The van der Waals surface area contributed by atoms with E-state index in [-0.39, 0.29) is 25.7 Å². The normalized spacial score (nSPS) is 14.5. The fraction of sp³-hybridized carbons (Fsp3) is 0.952. The van der Waals surface area contributed by atoms with Crippen LogP contribution in [0, 0.1) is 23.7 Å². The Labute approximate surface area is 626 Å². The van der Waals surface area contributed by atoms with Gasteiger partial charge in [0.25, 0.3) is 0 Å². The lowest BCUT2D eigenvalue weighted by atomic mass is 9.99. The highest BCUT2D eigenvalue weighted by atomic mass is 31.2. The van der Waals surface area contributed by atoms with Gasteiger partial charge in [0.15, 0.2) is 12.2 Å². The van der Waals surface area contributed by atoms with E-state index in [4.69, 9.17) is 37.0 Å². The van der Waals surface area contributed by atoms with Gasteiger partial charge in [-0.3, -0.25) is 37.3 Å². The zero-order valence-electron chi connectivity index (χ0n) is 67.2. The molecule has 0 spiro atoms. The Hall–Kier alpha value is -1.94. The van der Waals surface area contributed by atoms with Crippen LogP contribution in [0.15, 0.2) is 0 Å². The molecule has 0 fully saturated rings. The van der Waals surface area contributed by atoms with Crippen LogP contribution in [-0.4, -0.2) is 96.7 Å². The number of carbonyl (C=O) groups excluding carboxylic acids is 4. The van der Waals surface area contributed by atoms with E-state index in [9.17, 15) is 43.2 Å². The molecule has 0 aliphatic rings. The summed E-state index contributed by atoms with van der Waals surface area (Å²) in [5.74, 6) is 1.04. The minimum atomic E-state index is -4.96. The van der Waals surface area contributed by atoms with Crippen LogP contribution in [0.3, 0.4) is 0 Å². The van der Waals surface area contributed by atoms with E-state index in [1.807, 2.05) is 0 Å². The van der Waals surface area contributed by atoms with Gasteiger partial charge in [0.2, 0.25) is 0 Å². The van der Waals surface area contributed by atoms with Gasteiger partial charge in [-0.05, 0) is 49.4 Å². The van der Waals surface area contributed by atoms with Crippen LogP contribution in [0.4, 0.5) is 0 Å². The largest absolute Gasteiger partial charge is 0.472 e. The second-order valence-electron chi connectivity index (χ2n) is 31.3. The molecule has 0 saturated heterocycles. The van der Waals surface area contributed by atoms with Crippen molar-refractivity contribution in [1.29, 1.82) is 0 Å². The van der Waals surface area contributed by atoms with Crippen molar-refractivity contribution in [2.24, 2.45) is 23.7 Å². The number of phosphoric acid groups is 2. The molecule has 3 N–H and O–H groups in total. The van der Waals surface area contributed by atoms with E-state index in [2.05, 4.69) is 55.4 Å². The summed E-state index contributed by atoms with van der Waals surface area (Å²) in [5.41, 5.74) is 0. The molecule has 0 rings (SSSR count). The summed E-state index contributed by atoms with van der Waals surface area (Å²) in [4.78, 5) is 73.1. The van der Waals surface area contributed by atoms with E-state index < -0.39 is 97.5 Å². The van der Waals surface area contributed by atoms with Crippen molar-refractivity contribution in [2.75, 3.05) is 39.6 Å². The van der Waals surface area contributed by atoms with E-state index in [0.29, 0.717) is 25.7 Å². The maximum Gasteiger partial charge on any atom is 0.472 e. The molecule has 0 amide bonds. The van der Waals surface area contributed by atoms with Gasteiger partial charge in [-0.15, -0.1) is 0 Å². The van der Waals surface area contributed by atoms with Crippen molar-refractivity contribution in [3.05, 3.63) is 0 Å². The van der Waals surface area contributed by atoms with Gasteiger partial charge in [-0.2, -0.15) is 0 Å². The summed E-state index contributed by atoms with van der Waals surface area (Å²) in [6.07, 6.45) is 59.7. The number of ether oxygens (including phenoxy) is 4. The molecule has 0 saturated carbocycles. The van der Waals surface area contributed by atoms with Crippen molar-refractivity contribution in [1.82, 2.24) is 0 Å². The molecule has 0 aliphatic heterocycles. The first kappa shape index (κ1) is 100. The molecular formula is C83H162O17P2. The molecular weight excluding hydrogens is 1330 g/mol. The summed E-state index contributed by atoms with van der Waals surface area (Å²) < 4.78 is 68.8. The number of phosphoric ester groups is 2. The Bertz CT molecular complexity index is 1990. The lowest BCUT2D eigenvalue weighted by molar-refractivity contribution is -0.161. The van der Waals surface area contributed by atoms with Gasteiger partial charge in [-0.25, -0.2) is 9.13 Å². The van der Waals surface area contributed by atoms with Gasteiger partial charge in [-0.1, -0.05) is 376 Å². The van der Waals surface area contributed by atoms with Crippen LogP contribution in [0.1, 0.15) is 428 Å². The third-order valence-corrected chi connectivity index (χ3v) is 21.9. The van der Waals surface area contributed by atoms with E-state index in [1.54, 1.807) is 0 Å². The van der Waals surface area contributed by atoms with Crippen molar-refractivity contribution in [3.63, 3.8) is 0 Å². The Balaban J connectivity index is 5.21. The quantitative estimate of drug-likeness (QED) is 0.0222. The number of carbonyl (C=O) groups is 4. The standard InChI is InChI=1S/C83H162O17P2/c1-9-75(7)61-53-45-37-31-27-28-34-40-50-58-66-83(88)99-78(69-93-80(85)63-55-47-38-32-25-21-18-17-20-24-30-36-44-52-60-74(5)6)71-97-101(89,90)95-67-77(84)68-96-102(91,92)98-72-79(70-94-81(86)64-56-48-42-41-46-54-62-76(8)10-2)100-82(87)65-57-49-39-33-26-22-16-14-12-11-13-15-19-23-29-35-43-51-59-73(3)4/h73-79,84H,9-72H2,1-8H3,(H,89,90)(H,91,92)/t75?,76?,77-,78-,79-/m1/s1. The van der Waals surface area contributed by atoms with Gasteiger partial charge < -0.3 is 33.8 Å². The van der Waals surface area contributed by atoms with Crippen molar-refractivity contribution in [2.45, 2.75) is 446 Å². The van der Waals surface area contributed by atoms with E-state index >= 15 is 0 Å². The molecule has 606 valence electrons. The van der Waals surface area contributed by atoms with Gasteiger partial charge in [0, 0.05) is 25.7 Å². The highest BCUT2D eigenvalue weighted by Gasteiger charge is 2.30. The number of aliphatic hydroxyl groups excluding tert-OH is 1. The fourth-order valence-corrected chi connectivity index (χ4v) is 14.3. The Kier molecular flexibility index (Phi) is 70.6.